The maximum absolute atomic E-state index is 12.7. The van der Waals surface area contributed by atoms with E-state index in [1.807, 2.05) is 18.7 Å². The minimum absolute atomic E-state index is 0.141. The molecule has 0 aliphatic carbocycles. The van der Waals surface area contributed by atoms with Crippen molar-refractivity contribution >= 4 is 5.91 Å². The lowest BCUT2D eigenvalue weighted by atomic mass is 9.98. The normalized spacial score (nSPS) is 19.8. The zero-order valence-corrected chi connectivity index (χ0v) is 15.1. The number of nitrogens with zero attached hydrogens (tertiary/aromatic N) is 5. The van der Waals surface area contributed by atoms with Crippen LogP contribution in [0.1, 0.15) is 52.5 Å². The third kappa shape index (κ3) is 3.71. The van der Waals surface area contributed by atoms with Gasteiger partial charge in [-0.15, -0.1) is 0 Å². The molecule has 0 bridgehead atoms. The number of piperidine rings is 1. The molecule has 3 rings (SSSR count). The van der Waals surface area contributed by atoms with Crippen molar-refractivity contribution in [1.29, 1.82) is 0 Å². The van der Waals surface area contributed by atoms with E-state index in [0.717, 1.165) is 19.4 Å². The van der Waals surface area contributed by atoms with E-state index in [9.17, 15) is 4.79 Å². The fraction of sp³-hybridized carbons (Fsp3) is 0.688. The molecule has 0 radical (unpaired) electrons. The molecule has 1 aliphatic rings. The molecule has 1 aliphatic heterocycles. The Bertz CT molecular complexity index is 695. The zero-order chi connectivity index (χ0) is 18.0. The van der Waals surface area contributed by atoms with Gasteiger partial charge in [0.2, 0.25) is 17.6 Å². The molecule has 9 heteroatoms. The molecule has 2 N–H and O–H groups in total. The summed E-state index contributed by atoms with van der Waals surface area (Å²) in [4.78, 5) is 23.1. The van der Waals surface area contributed by atoms with Gasteiger partial charge in [0.05, 0.1) is 12.1 Å². The maximum atomic E-state index is 12.7. The summed E-state index contributed by atoms with van der Waals surface area (Å²) >= 11 is 0. The highest BCUT2D eigenvalue weighted by Crippen LogP contribution is 2.25. The van der Waals surface area contributed by atoms with Gasteiger partial charge in [0.15, 0.2) is 5.82 Å². The van der Waals surface area contributed by atoms with E-state index in [2.05, 4.69) is 44.5 Å². The molecule has 1 fully saturated rings. The Morgan fingerprint density at radius 2 is 2.16 bits per heavy atom. The van der Waals surface area contributed by atoms with Crippen LogP contribution >= 0.6 is 0 Å². The van der Waals surface area contributed by atoms with Gasteiger partial charge < -0.3 is 9.42 Å². The van der Waals surface area contributed by atoms with Gasteiger partial charge in [-0.05, 0) is 32.6 Å². The fourth-order valence-electron chi connectivity index (χ4n) is 3.10. The molecule has 1 saturated heterocycles. The number of nitrogens with one attached hydrogen (secondary N) is 2. The summed E-state index contributed by atoms with van der Waals surface area (Å²) in [5.41, 5.74) is 0. The lowest BCUT2D eigenvalue weighted by molar-refractivity contribution is -0.138. The minimum atomic E-state index is -0.232. The second-order valence-electron chi connectivity index (χ2n) is 7.00. The van der Waals surface area contributed by atoms with Crippen LogP contribution in [0.3, 0.4) is 0 Å². The second-order valence-corrected chi connectivity index (χ2v) is 7.00. The molecule has 2 aromatic heterocycles. The quantitative estimate of drug-likeness (QED) is 0.815. The number of carbonyl (C=O) groups is 1. The van der Waals surface area contributed by atoms with E-state index in [0.29, 0.717) is 17.5 Å². The molecule has 9 nitrogen and oxygen atoms in total. The predicted molar refractivity (Wildman–Crippen MR) is 90.3 cm³/mol. The number of aromatic nitrogens is 5. The van der Waals surface area contributed by atoms with Crippen LogP contribution in [-0.4, -0.2) is 54.8 Å². The van der Waals surface area contributed by atoms with Crippen molar-refractivity contribution in [1.82, 2.24) is 35.5 Å². The Labute approximate surface area is 146 Å². The number of hydrogen-bond acceptors (Lipinski definition) is 7. The van der Waals surface area contributed by atoms with Crippen molar-refractivity contribution in [2.24, 2.45) is 5.92 Å². The van der Waals surface area contributed by atoms with Crippen molar-refractivity contribution < 1.29 is 9.32 Å². The fourth-order valence-corrected chi connectivity index (χ4v) is 3.10. The van der Waals surface area contributed by atoms with Gasteiger partial charge in [-0.25, -0.2) is 4.98 Å². The van der Waals surface area contributed by atoms with Crippen LogP contribution in [0.2, 0.25) is 0 Å². The lowest BCUT2D eigenvalue weighted by Gasteiger charge is -2.37. The van der Waals surface area contributed by atoms with Gasteiger partial charge in [0.1, 0.15) is 6.33 Å². The molecule has 136 valence electrons. The first-order valence-corrected chi connectivity index (χ1v) is 8.73. The van der Waals surface area contributed by atoms with Crippen molar-refractivity contribution in [2.45, 2.75) is 58.7 Å². The van der Waals surface area contributed by atoms with Crippen molar-refractivity contribution in [2.75, 3.05) is 6.54 Å². The minimum Gasteiger partial charge on any atom is -0.339 e. The first-order valence-electron chi connectivity index (χ1n) is 8.73. The second kappa shape index (κ2) is 7.30. The number of amides is 1. The van der Waals surface area contributed by atoms with Crippen molar-refractivity contribution in [3.8, 4) is 11.6 Å². The average molecular weight is 347 g/mol. The summed E-state index contributed by atoms with van der Waals surface area (Å²) in [5, 5.41) is 13.9. The molecule has 0 unspecified atom stereocenters. The van der Waals surface area contributed by atoms with Gasteiger partial charge in [-0.1, -0.05) is 19.0 Å². The van der Waals surface area contributed by atoms with Crippen LogP contribution < -0.4 is 5.32 Å². The Morgan fingerprint density at radius 1 is 1.36 bits per heavy atom. The average Bonchev–Trinajstić information content (AvgIpc) is 3.24. The van der Waals surface area contributed by atoms with Gasteiger partial charge >= 0.3 is 0 Å². The van der Waals surface area contributed by atoms with Gasteiger partial charge in [-0.2, -0.15) is 10.1 Å². The van der Waals surface area contributed by atoms with Gasteiger partial charge in [0.25, 0.3) is 0 Å². The Kier molecular flexibility index (Phi) is 5.12. The van der Waals surface area contributed by atoms with Crippen molar-refractivity contribution in [3.63, 3.8) is 0 Å². The summed E-state index contributed by atoms with van der Waals surface area (Å²) < 4.78 is 5.43. The van der Waals surface area contributed by atoms with E-state index >= 15 is 0 Å². The molecular weight excluding hydrogens is 322 g/mol. The Hall–Kier alpha value is -2.29. The van der Waals surface area contributed by atoms with Crippen LogP contribution in [0.15, 0.2) is 10.9 Å². The monoisotopic (exact) mass is 347 g/mol. The molecule has 0 saturated carbocycles. The van der Waals surface area contributed by atoms with E-state index in [1.165, 1.54) is 6.33 Å². The van der Waals surface area contributed by atoms with E-state index < -0.39 is 0 Å². The SMILES string of the molecule is CC(C)[C@@H](N[C@H]1CCCN(C(C)C)C1=O)c1nc(-c2ncn[nH]2)no1. The topological polar surface area (TPSA) is 113 Å². The number of hydrogen-bond donors (Lipinski definition) is 2. The summed E-state index contributed by atoms with van der Waals surface area (Å²) in [6, 6.07) is -0.231. The smallest absolute Gasteiger partial charge is 0.244 e. The third-order valence-electron chi connectivity index (χ3n) is 4.48. The molecule has 0 spiro atoms. The van der Waals surface area contributed by atoms with Crippen LogP contribution in [-0.2, 0) is 4.79 Å². The number of carbonyl (C=O) groups excluding carboxylic acids is 1. The number of H-pyrrole nitrogens is 1. The third-order valence-corrected chi connectivity index (χ3v) is 4.48. The van der Waals surface area contributed by atoms with Crippen LogP contribution in [0.25, 0.3) is 11.6 Å². The number of rotatable bonds is 6. The molecule has 0 aromatic carbocycles. The first-order chi connectivity index (χ1) is 12.0. The first kappa shape index (κ1) is 17.5. The van der Waals surface area contributed by atoms with Crippen LogP contribution in [0.4, 0.5) is 0 Å². The van der Waals surface area contributed by atoms with E-state index in [1.54, 1.807) is 0 Å². The molecular formula is C16H25N7O2. The highest BCUT2D eigenvalue weighted by Gasteiger charge is 2.34. The maximum Gasteiger partial charge on any atom is 0.244 e. The highest BCUT2D eigenvalue weighted by molar-refractivity contribution is 5.82. The van der Waals surface area contributed by atoms with Crippen LogP contribution in [0.5, 0.6) is 0 Å². The summed E-state index contributed by atoms with van der Waals surface area (Å²) in [5.74, 6) is 1.60. The number of likely N-dealkylation sites (tertiary alicyclic amines) is 1. The largest absolute Gasteiger partial charge is 0.339 e. The molecule has 2 atom stereocenters. The predicted octanol–water partition coefficient (Wildman–Crippen LogP) is 1.54. The van der Waals surface area contributed by atoms with Gasteiger partial charge in [0, 0.05) is 12.6 Å². The highest BCUT2D eigenvalue weighted by atomic mass is 16.5. The Balaban J connectivity index is 1.77. The molecule has 2 aromatic rings. The summed E-state index contributed by atoms with van der Waals surface area (Å²) in [6.07, 6.45) is 3.19. The number of aromatic amines is 1. The van der Waals surface area contributed by atoms with Crippen molar-refractivity contribution in [3.05, 3.63) is 12.2 Å². The van der Waals surface area contributed by atoms with E-state index in [4.69, 9.17) is 4.52 Å². The Morgan fingerprint density at radius 3 is 2.80 bits per heavy atom. The standard InChI is InChI=1S/C16H25N7O2/c1-9(2)12(15-20-14(22-25-15)13-17-8-18-21-13)19-11-6-5-7-23(10(3)4)16(11)24/h8-12,19H,5-7H2,1-4H3,(H,17,18,21)/t11-,12+/m0/s1. The lowest BCUT2D eigenvalue weighted by Crippen LogP contribution is -2.54. The molecule has 3 heterocycles. The van der Waals surface area contributed by atoms with Gasteiger partial charge in [-0.3, -0.25) is 15.2 Å². The summed E-state index contributed by atoms with van der Waals surface area (Å²) in [7, 11) is 0. The molecule has 25 heavy (non-hydrogen) atoms. The zero-order valence-electron chi connectivity index (χ0n) is 15.1. The van der Waals surface area contributed by atoms with E-state index in [-0.39, 0.29) is 30.0 Å². The van der Waals surface area contributed by atoms with Crippen LogP contribution in [0, 0.1) is 5.92 Å². The molecule has 1 amide bonds. The summed E-state index contributed by atoms with van der Waals surface area (Å²) in [6.45, 7) is 9.02.